The van der Waals surface area contributed by atoms with Crippen LogP contribution in [0.15, 0.2) is 60.8 Å². The molecule has 298 valence electrons. The van der Waals surface area contributed by atoms with E-state index >= 15 is 0 Å². The summed E-state index contributed by atoms with van der Waals surface area (Å²) in [6.45, 7) is 2.56. The van der Waals surface area contributed by atoms with E-state index in [1.165, 1.54) is 6.42 Å². The molecule has 52 heavy (non-hydrogen) atoms. The van der Waals surface area contributed by atoms with Gasteiger partial charge in [0.15, 0.2) is 6.10 Å². The van der Waals surface area contributed by atoms with Crippen LogP contribution in [0.4, 0.5) is 0 Å². The standard InChI is InChI=1S/C40H68NO10P/c1-3-5-7-9-11-13-15-17-18-20-22-24-26-28-30-32-39(43)51-36(34-49-52(46,47)50-35-37(41)40(44)45)33-48-38(42)31-29-27-25-23-21-19-16-14-12-10-8-6-4-2/h5,7-8,10-11,13-14,16-18,36-37H,3-4,6,9,12,15,19-35,41H2,1-2H3,(H,44,45)(H,46,47)/b7-5-,10-8-,13-11-,16-14-,18-17-. The van der Waals surface area contributed by atoms with Gasteiger partial charge in [-0.1, -0.05) is 120 Å². The number of carbonyl (C=O) groups is 3. The van der Waals surface area contributed by atoms with Crippen LogP contribution in [-0.2, 0) is 37.5 Å². The van der Waals surface area contributed by atoms with Gasteiger partial charge in [-0.2, -0.15) is 0 Å². The number of unbranched alkanes of at least 4 members (excludes halogenated alkanes) is 11. The summed E-state index contributed by atoms with van der Waals surface area (Å²) in [4.78, 5) is 45.8. The minimum absolute atomic E-state index is 0.136. The third-order valence-electron chi connectivity index (χ3n) is 7.73. The Labute approximate surface area is 313 Å². The maximum Gasteiger partial charge on any atom is 0.472 e. The van der Waals surface area contributed by atoms with Crippen molar-refractivity contribution in [3.05, 3.63) is 60.8 Å². The van der Waals surface area contributed by atoms with Crippen molar-refractivity contribution in [3.8, 4) is 0 Å². The molecule has 0 saturated carbocycles. The number of phosphoric acid groups is 1. The molecule has 3 atom stereocenters. The first-order valence-corrected chi connectivity index (χ1v) is 20.8. The fraction of sp³-hybridized carbons (Fsp3) is 0.675. The first kappa shape index (κ1) is 49.2. The summed E-state index contributed by atoms with van der Waals surface area (Å²) < 4.78 is 32.5. The summed E-state index contributed by atoms with van der Waals surface area (Å²) in [6, 6.07) is -1.53. The van der Waals surface area contributed by atoms with Crippen LogP contribution in [-0.4, -0.2) is 59.9 Å². The molecule has 0 saturated heterocycles. The van der Waals surface area contributed by atoms with Gasteiger partial charge < -0.3 is 25.2 Å². The highest BCUT2D eigenvalue weighted by molar-refractivity contribution is 7.47. The topological polar surface area (TPSA) is 172 Å². The maximum absolute atomic E-state index is 12.6. The molecule has 4 N–H and O–H groups in total. The van der Waals surface area contributed by atoms with Crippen LogP contribution in [0.1, 0.15) is 142 Å². The van der Waals surface area contributed by atoms with E-state index in [0.29, 0.717) is 12.8 Å². The fourth-order valence-corrected chi connectivity index (χ4v) is 5.48. The molecule has 0 radical (unpaired) electrons. The average Bonchev–Trinajstić information content (AvgIpc) is 3.12. The molecule has 0 aromatic rings. The number of carbonyl (C=O) groups excluding carboxylic acids is 2. The van der Waals surface area contributed by atoms with Gasteiger partial charge in [-0.25, -0.2) is 4.57 Å². The Bertz CT molecular complexity index is 1120. The van der Waals surface area contributed by atoms with Gasteiger partial charge in [-0.15, -0.1) is 0 Å². The number of nitrogens with two attached hydrogens (primary N) is 1. The first-order chi connectivity index (χ1) is 25.1. The number of aliphatic carboxylic acids is 1. The number of carboxylic acids is 1. The molecule has 0 aliphatic heterocycles. The summed E-state index contributed by atoms with van der Waals surface area (Å²) in [5.41, 5.74) is 5.31. The summed E-state index contributed by atoms with van der Waals surface area (Å²) in [7, 11) is -4.72. The normalized spacial score (nSPS) is 14.5. The van der Waals surface area contributed by atoms with E-state index in [9.17, 15) is 23.8 Å². The Kier molecular flexibility index (Phi) is 33.3. The molecule has 0 heterocycles. The summed E-state index contributed by atoms with van der Waals surface area (Å²) >= 11 is 0. The van der Waals surface area contributed by atoms with Crippen LogP contribution in [0, 0.1) is 0 Å². The van der Waals surface area contributed by atoms with Gasteiger partial charge in [0.1, 0.15) is 12.6 Å². The second-order valence-corrected chi connectivity index (χ2v) is 14.1. The van der Waals surface area contributed by atoms with Crippen molar-refractivity contribution in [2.45, 2.75) is 154 Å². The highest BCUT2D eigenvalue weighted by Crippen LogP contribution is 2.43. The second kappa shape index (κ2) is 35.2. The quantitative estimate of drug-likeness (QED) is 0.0244. The van der Waals surface area contributed by atoms with Gasteiger partial charge in [-0.3, -0.25) is 23.4 Å². The molecule has 0 aromatic heterocycles. The van der Waals surface area contributed by atoms with E-state index in [1.807, 2.05) is 0 Å². The van der Waals surface area contributed by atoms with Gasteiger partial charge in [0.2, 0.25) is 0 Å². The molecule has 0 spiro atoms. The maximum atomic E-state index is 12.6. The van der Waals surface area contributed by atoms with Crippen molar-refractivity contribution < 1.29 is 47.5 Å². The summed E-state index contributed by atoms with van der Waals surface area (Å²) in [6.07, 6.45) is 38.6. The lowest BCUT2D eigenvalue weighted by Gasteiger charge is -2.20. The zero-order valence-corrected chi connectivity index (χ0v) is 32.8. The monoisotopic (exact) mass is 753 g/mol. The first-order valence-electron chi connectivity index (χ1n) is 19.3. The largest absolute Gasteiger partial charge is 0.480 e. The molecule has 0 fully saturated rings. The molecular weight excluding hydrogens is 685 g/mol. The molecule has 11 nitrogen and oxygen atoms in total. The third kappa shape index (κ3) is 34.3. The van der Waals surface area contributed by atoms with Crippen molar-refractivity contribution in [3.63, 3.8) is 0 Å². The van der Waals surface area contributed by atoms with Crippen LogP contribution >= 0.6 is 7.82 Å². The van der Waals surface area contributed by atoms with Gasteiger partial charge in [0.05, 0.1) is 13.2 Å². The van der Waals surface area contributed by atoms with Crippen LogP contribution in [0.3, 0.4) is 0 Å². The van der Waals surface area contributed by atoms with E-state index < -0.39 is 51.1 Å². The van der Waals surface area contributed by atoms with Crippen molar-refractivity contribution in [1.82, 2.24) is 0 Å². The predicted molar refractivity (Wildman–Crippen MR) is 208 cm³/mol. The van der Waals surface area contributed by atoms with Gasteiger partial charge in [0.25, 0.3) is 0 Å². The molecule has 0 aromatic carbocycles. The lowest BCUT2D eigenvalue weighted by Crippen LogP contribution is -2.34. The molecule has 0 aliphatic rings. The molecular formula is C40H68NO10P. The smallest absolute Gasteiger partial charge is 0.472 e. The highest BCUT2D eigenvalue weighted by atomic mass is 31.2. The predicted octanol–water partition coefficient (Wildman–Crippen LogP) is 9.61. The van der Waals surface area contributed by atoms with Crippen molar-refractivity contribution in [1.29, 1.82) is 0 Å². The molecule has 0 amide bonds. The number of rotatable bonds is 35. The van der Waals surface area contributed by atoms with Gasteiger partial charge >= 0.3 is 25.7 Å². The van der Waals surface area contributed by atoms with Crippen molar-refractivity contribution >= 4 is 25.7 Å². The van der Waals surface area contributed by atoms with Crippen LogP contribution in [0.25, 0.3) is 0 Å². The Morgan fingerprint density at radius 3 is 1.62 bits per heavy atom. The van der Waals surface area contributed by atoms with Gasteiger partial charge in [0, 0.05) is 12.8 Å². The molecule has 12 heteroatoms. The minimum atomic E-state index is -4.72. The number of ether oxygens (including phenoxy) is 2. The zero-order valence-electron chi connectivity index (χ0n) is 31.9. The Morgan fingerprint density at radius 2 is 1.08 bits per heavy atom. The van der Waals surface area contributed by atoms with E-state index in [-0.39, 0.29) is 19.4 Å². The number of carboxylic acid groups (broad SMARTS) is 1. The Hall–Kier alpha value is -2.82. The second-order valence-electron chi connectivity index (χ2n) is 12.7. The number of hydrogen-bond donors (Lipinski definition) is 3. The van der Waals surface area contributed by atoms with E-state index in [4.69, 9.17) is 24.8 Å². The Balaban J connectivity index is 4.50. The van der Waals surface area contributed by atoms with Gasteiger partial charge in [-0.05, 0) is 70.6 Å². The number of esters is 2. The van der Waals surface area contributed by atoms with Crippen molar-refractivity contribution in [2.24, 2.45) is 5.73 Å². The van der Waals surface area contributed by atoms with E-state index in [0.717, 1.165) is 96.3 Å². The van der Waals surface area contributed by atoms with E-state index in [2.05, 4.69) is 79.1 Å². The van der Waals surface area contributed by atoms with Crippen LogP contribution < -0.4 is 5.73 Å². The van der Waals surface area contributed by atoms with Crippen LogP contribution in [0.2, 0.25) is 0 Å². The third-order valence-corrected chi connectivity index (χ3v) is 8.68. The molecule has 0 aliphatic carbocycles. The van der Waals surface area contributed by atoms with E-state index in [1.54, 1.807) is 0 Å². The number of allylic oxidation sites excluding steroid dienone is 10. The zero-order chi connectivity index (χ0) is 38.5. The lowest BCUT2D eigenvalue weighted by molar-refractivity contribution is -0.161. The molecule has 0 rings (SSSR count). The van der Waals surface area contributed by atoms with Crippen molar-refractivity contribution in [2.75, 3.05) is 19.8 Å². The van der Waals surface area contributed by atoms with Crippen LogP contribution in [0.5, 0.6) is 0 Å². The SMILES string of the molecule is CC/C=C\C/C=C\C/C=C\CCCCCCCC(=O)OC(COC(=O)CCCCCCC/C=C\C/C=C\CCC)COP(=O)(O)OCC(N)C(=O)O. The lowest BCUT2D eigenvalue weighted by atomic mass is 10.1. The fourth-order valence-electron chi connectivity index (χ4n) is 4.70. The highest BCUT2D eigenvalue weighted by Gasteiger charge is 2.28. The minimum Gasteiger partial charge on any atom is -0.480 e. The molecule has 3 unspecified atom stereocenters. The molecule has 0 bridgehead atoms. The number of phosphoric ester groups is 1. The summed E-state index contributed by atoms with van der Waals surface area (Å²) in [5, 5.41) is 8.86. The Morgan fingerprint density at radius 1 is 0.615 bits per heavy atom. The summed E-state index contributed by atoms with van der Waals surface area (Å²) in [5.74, 6) is -2.43. The average molecular weight is 754 g/mol. The number of hydrogen-bond acceptors (Lipinski definition) is 9.